The molecule has 4 aromatic rings. The van der Waals surface area contributed by atoms with E-state index in [1.165, 1.54) is 22.3 Å². The Morgan fingerprint density at radius 2 is 0.569 bits per heavy atom. The molecule has 5 rings (SSSR count). The molecule has 0 spiro atoms. The van der Waals surface area contributed by atoms with E-state index in [-0.39, 0.29) is 37.4 Å². The average Bonchev–Trinajstić information content (AvgIpc) is 3.68. The summed E-state index contributed by atoms with van der Waals surface area (Å²) in [6.07, 6.45) is 0. The first-order chi connectivity index (χ1) is 23.1. The monoisotopic (exact) mass is 718 g/mol. The lowest BCUT2D eigenvalue weighted by Crippen LogP contribution is -2.31. The molecule has 0 nitrogen and oxygen atoms in total. The van der Waals surface area contributed by atoms with Crippen LogP contribution in [0.25, 0.3) is 0 Å². The molecule has 1 fully saturated rings. The van der Waals surface area contributed by atoms with Gasteiger partial charge in [0, 0.05) is 0 Å². The van der Waals surface area contributed by atoms with Gasteiger partial charge in [0.2, 0.25) is 0 Å². The highest BCUT2D eigenvalue weighted by atomic mass is 32.1. The Hall–Kier alpha value is -2.26. The first-order valence-corrected chi connectivity index (χ1v) is 22.6. The molecule has 0 amide bonds. The Morgan fingerprint density at radius 3 is 0.765 bits per heavy atom. The van der Waals surface area contributed by atoms with E-state index in [0.29, 0.717) is 0 Å². The molecule has 1 saturated heterocycles. The van der Waals surface area contributed by atoms with Crippen LogP contribution < -0.4 is 10.6 Å². The van der Waals surface area contributed by atoms with E-state index in [2.05, 4.69) is 210 Å². The highest BCUT2D eigenvalue weighted by Crippen LogP contribution is 3.06. The Kier molecular flexibility index (Phi) is 10.1. The van der Waals surface area contributed by atoms with Crippen LogP contribution in [0.1, 0.15) is 169 Å². The van der Waals surface area contributed by atoms with Crippen LogP contribution in [0.5, 0.6) is 0 Å². The maximum atomic E-state index is 2.62. The van der Waals surface area contributed by atoms with Gasteiger partial charge in [0.1, 0.15) is 0 Å². The molecular weight excluding hydrogens is 650 g/mol. The SMILES string of the molecule is CC(C)(C)c1cc(C(C)(C)C)c([P@]2[P@@](c3c(C(C)(C)C)cc(C(C)(C)C)cc3C(C)(C)C)C2(c2ccccc2)c2ccccc2)c(C(C)(C)C)c1. The third kappa shape index (κ3) is 7.46. The summed E-state index contributed by atoms with van der Waals surface area (Å²) in [4.78, 5) is -0.111. The minimum Gasteiger partial charge on any atom is -0.0622 e. The summed E-state index contributed by atoms with van der Waals surface area (Å²) in [5.74, 6) is 0. The molecule has 0 bridgehead atoms. The van der Waals surface area contributed by atoms with Gasteiger partial charge >= 0.3 is 0 Å². The van der Waals surface area contributed by atoms with E-state index in [9.17, 15) is 0 Å². The van der Waals surface area contributed by atoms with Gasteiger partial charge in [-0.15, -0.1) is 0 Å². The van der Waals surface area contributed by atoms with Crippen LogP contribution >= 0.6 is 15.2 Å². The first kappa shape index (κ1) is 39.9. The molecule has 1 heterocycles. The Balaban J connectivity index is 2.09. The van der Waals surface area contributed by atoms with E-state index < -0.39 is 15.2 Å². The molecule has 0 aromatic heterocycles. The van der Waals surface area contributed by atoms with Crippen molar-refractivity contribution in [2.45, 2.75) is 162 Å². The van der Waals surface area contributed by atoms with Crippen molar-refractivity contribution in [3.05, 3.63) is 129 Å². The van der Waals surface area contributed by atoms with Crippen molar-refractivity contribution in [2.24, 2.45) is 0 Å². The molecule has 4 aromatic carbocycles. The molecule has 2 heteroatoms. The summed E-state index contributed by atoms with van der Waals surface area (Å²) in [7, 11) is -1.41. The van der Waals surface area contributed by atoms with Crippen LogP contribution in [0.2, 0.25) is 0 Å². The summed E-state index contributed by atoms with van der Waals surface area (Å²) in [6, 6.07) is 33.9. The summed E-state index contributed by atoms with van der Waals surface area (Å²) >= 11 is 0. The number of benzene rings is 4. The van der Waals surface area contributed by atoms with E-state index in [0.717, 1.165) is 0 Å². The van der Waals surface area contributed by atoms with Crippen LogP contribution in [0.3, 0.4) is 0 Å². The molecule has 51 heavy (non-hydrogen) atoms. The number of hydrogen-bond donors (Lipinski definition) is 0. The zero-order chi connectivity index (χ0) is 38.3. The number of hydrogen-bond acceptors (Lipinski definition) is 0. The van der Waals surface area contributed by atoms with Gasteiger partial charge in [0.05, 0.1) is 4.90 Å². The Labute approximate surface area is 316 Å². The van der Waals surface area contributed by atoms with Crippen LogP contribution in [-0.2, 0) is 37.4 Å². The lowest BCUT2D eigenvalue weighted by atomic mass is 9.75. The zero-order valence-electron chi connectivity index (χ0n) is 35.5. The smallest absolute Gasteiger partial charge is 0.0622 e. The van der Waals surface area contributed by atoms with Crippen LogP contribution in [-0.4, -0.2) is 0 Å². The second-order valence-electron chi connectivity index (χ2n) is 21.4. The fourth-order valence-corrected chi connectivity index (χ4v) is 19.8. The van der Waals surface area contributed by atoms with Crippen molar-refractivity contribution < 1.29 is 0 Å². The highest BCUT2D eigenvalue weighted by molar-refractivity contribution is 8.52. The highest BCUT2D eigenvalue weighted by Gasteiger charge is 2.70. The molecule has 1 aliphatic heterocycles. The standard InChI is InChI=1S/C49H68P2/c1-43(2,3)35-29-37(45(7,8)9)41(38(30-35)46(10,11)12)50-49(33-25-21-19-22-26-33,34-27-23-20-24-28-34)51(50)42-39(47(13,14)15)31-36(44(4,5)6)32-40(42)48(16,17)18/h19-32H,1-18H3/t50-,51-/m0/s1. The molecule has 2 atom stereocenters. The van der Waals surface area contributed by atoms with Crippen molar-refractivity contribution in [3.63, 3.8) is 0 Å². The average molecular weight is 719 g/mol. The van der Waals surface area contributed by atoms with E-state index in [1.807, 2.05) is 0 Å². The van der Waals surface area contributed by atoms with Gasteiger partial charge in [-0.2, -0.15) is 0 Å². The third-order valence-corrected chi connectivity index (χ3v) is 19.6. The second-order valence-corrected chi connectivity index (χ2v) is 27.6. The molecule has 274 valence electrons. The molecule has 1 aliphatic rings. The lowest BCUT2D eigenvalue weighted by Gasteiger charge is -2.35. The summed E-state index contributed by atoms with van der Waals surface area (Å²) in [5.41, 5.74) is 12.1. The minimum absolute atomic E-state index is 0.0164. The third-order valence-electron chi connectivity index (χ3n) is 10.7. The second kappa shape index (κ2) is 13.0. The zero-order valence-corrected chi connectivity index (χ0v) is 37.3. The maximum absolute atomic E-state index is 2.62. The predicted molar refractivity (Wildman–Crippen MR) is 232 cm³/mol. The molecule has 0 N–H and O–H groups in total. The Bertz CT molecular complexity index is 1660. The predicted octanol–water partition coefficient (Wildman–Crippen LogP) is 14.2. The van der Waals surface area contributed by atoms with Gasteiger partial charge in [0.15, 0.2) is 0 Å². The molecule has 0 saturated carbocycles. The van der Waals surface area contributed by atoms with Crippen LogP contribution in [0.4, 0.5) is 0 Å². The van der Waals surface area contributed by atoms with Crippen molar-refractivity contribution >= 4 is 25.8 Å². The molecule has 0 unspecified atom stereocenters. The minimum atomic E-state index is -0.704. The van der Waals surface area contributed by atoms with Gasteiger partial charge in [0.25, 0.3) is 0 Å². The maximum Gasteiger partial charge on any atom is 0.0765 e. The van der Waals surface area contributed by atoms with Gasteiger partial charge in [-0.3, -0.25) is 0 Å². The summed E-state index contributed by atoms with van der Waals surface area (Å²) < 4.78 is 0. The van der Waals surface area contributed by atoms with Gasteiger partial charge in [-0.1, -0.05) is 210 Å². The Morgan fingerprint density at radius 1 is 0.333 bits per heavy atom. The van der Waals surface area contributed by atoms with Gasteiger partial charge in [-0.05, 0) is 103 Å². The van der Waals surface area contributed by atoms with Crippen molar-refractivity contribution in [2.75, 3.05) is 0 Å². The molecule has 0 aliphatic carbocycles. The first-order valence-electron chi connectivity index (χ1n) is 19.2. The lowest BCUT2D eigenvalue weighted by molar-refractivity contribution is 0.553. The normalized spacial score (nSPS) is 18.5. The largest absolute Gasteiger partial charge is 0.0765 e. The topological polar surface area (TPSA) is 0 Å². The summed E-state index contributed by atoms with van der Waals surface area (Å²) in [5, 5.41) is 3.33. The number of rotatable bonds is 4. The van der Waals surface area contributed by atoms with Crippen LogP contribution in [0.15, 0.2) is 84.9 Å². The van der Waals surface area contributed by atoms with Crippen molar-refractivity contribution in [1.82, 2.24) is 0 Å². The molecular formula is C49H68P2. The van der Waals surface area contributed by atoms with E-state index in [1.54, 1.807) is 32.9 Å². The molecule has 0 radical (unpaired) electrons. The van der Waals surface area contributed by atoms with E-state index >= 15 is 0 Å². The van der Waals surface area contributed by atoms with Gasteiger partial charge in [-0.25, -0.2) is 0 Å². The fraction of sp³-hybridized carbons (Fsp3) is 0.510. The quantitative estimate of drug-likeness (QED) is 0.184. The van der Waals surface area contributed by atoms with Crippen LogP contribution in [0, 0.1) is 0 Å². The van der Waals surface area contributed by atoms with Gasteiger partial charge < -0.3 is 0 Å². The van der Waals surface area contributed by atoms with E-state index in [4.69, 9.17) is 0 Å². The summed E-state index contributed by atoms with van der Waals surface area (Å²) in [6.45, 7) is 43.8. The fourth-order valence-electron chi connectivity index (χ4n) is 7.62. The van der Waals surface area contributed by atoms with Crippen molar-refractivity contribution in [1.29, 1.82) is 0 Å². The van der Waals surface area contributed by atoms with Crippen molar-refractivity contribution in [3.8, 4) is 0 Å².